The summed E-state index contributed by atoms with van der Waals surface area (Å²) >= 11 is 0. The van der Waals surface area contributed by atoms with Crippen LogP contribution in [0.2, 0.25) is 0 Å². The topological polar surface area (TPSA) is 118 Å². The van der Waals surface area contributed by atoms with E-state index < -0.39 is 0 Å². The number of hydrogen-bond donors (Lipinski definition) is 2. The quantitative estimate of drug-likeness (QED) is 0.412. The maximum absolute atomic E-state index is 12.2. The summed E-state index contributed by atoms with van der Waals surface area (Å²) in [7, 11) is 0. The molecule has 0 bridgehead atoms. The number of fused-ring (bicyclic) bond motifs is 1. The summed E-state index contributed by atoms with van der Waals surface area (Å²) < 4.78 is 2.05. The number of H-pyrrole nitrogens is 2. The van der Waals surface area contributed by atoms with Gasteiger partial charge in [0.05, 0.1) is 12.9 Å². The minimum Gasteiger partial charge on any atom is -0.311 e. The summed E-state index contributed by atoms with van der Waals surface area (Å²) in [6.07, 6.45) is 4.31. The van der Waals surface area contributed by atoms with E-state index in [-0.39, 0.29) is 5.56 Å². The number of hydrogen-bond acceptors (Lipinski definition) is 6. The fraction of sp³-hybridized carbons (Fsp3) is 0.217. The molecule has 0 aliphatic carbocycles. The molecule has 160 valence electrons. The molecule has 5 rings (SSSR count). The predicted octanol–water partition coefficient (Wildman–Crippen LogP) is 3.36. The van der Waals surface area contributed by atoms with Crippen LogP contribution in [0.3, 0.4) is 0 Å². The third kappa shape index (κ3) is 3.68. The van der Waals surface area contributed by atoms with Crippen molar-refractivity contribution >= 4 is 11.2 Å². The Bertz CT molecular complexity index is 1400. The van der Waals surface area contributed by atoms with E-state index in [1.165, 1.54) is 6.33 Å². The van der Waals surface area contributed by atoms with Crippen LogP contribution in [0.5, 0.6) is 0 Å². The zero-order valence-corrected chi connectivity index (χ0v) is 17.6. The summed E-state index contributed by atoms with van der Waals surface area (Å²) in [5.41, 5.74) is 4.96. The molecule has 0 saturated heterocycles. The van der Waals surface area contributed by atoms with Gasteiger partial charge in [-0.3, -0.25) is 4.79 Å². The fourth-order valence-electron chi connectivity index (χ4n) is 3.87. The molecular weight excluding hydrogens is 404 g/mol. The van der Waals surface area contributed by atoms with Gasteiger partial charge in [0.2, 0.25) is 0 Å². The van der Waals surface area contributed by atoms with E-state index in [1.807, 2.05) is 22.8 Å². The van der Waals surface area contributed by atoms with Crippen molar-refractivity contribution < 1.29 is 0 Å². The van der Waals surface area contributed by atoms with Crippen molar-refractivity contribution in [3.8, 4) is 22.5 Å². The third-order valence-corrected chi connectivity index (χ3v) is 5.50. The van der Waals surface area contributed by atoms with E-state index in [0.717, 1.165) is 47.3 Å². The summed E-state index contributed by atoms with van der Waals surface area (Å²) in [4.78, 5) is 23.8. The van der Waals surface area contributed by atoms with Gasteiger partial charge in [-0.15, -0.1) is 5.10 Å². The van der Waals surface area contributed by atoms with Crippen molar-refractivity contribution in [1.29, 1.82) is 0 Å². The normalized spacial score (nSPS) is 11.3. The molecule has 0 fully saturated rings. The lowest BCUT2D eigenvalue weighted by Crippen LogP contribution is -2.08. The molecular formula is C23H22N8O. The number of benzene rings is 2. The molecule has 0 amide bonds. The molecule has 0 spiro atoms. The molecule has 32 heavy (non-hydrogen) atoms. The van der Waals surface area contributed by atoms with Crippen molar-refractivity contribution in [1.82, 2.24) is 40.1 Å². The number of nitrogens with one attached hydrogen (secondary N) is 2. The SMILES string of the molecule is CCCCc1nc2c(=O)[nH]cnc2n1Cc1ccc(-c2ccccc2-c2nnn[nH]2)cc1. The van der Waals surface area contributed by atoms with Gasteiger partial charge in [0, 0.05) is 12.0 Å². The van der Waals surface area contributed by atoms with Crippen LogP contribution in [0.15, 0.2) is 59.7 Å². The molecule has 2 aromatic carbocycles. The highest BCUT2D eigenvalue weighted by Gasteiger charge is 2.15. The largest absolute Gasteiger partial charge is 0.311 e. The zero-order valence-electron chi connectivity index (χ0n) is 17.6. The Morgan fingerprint density at radius 1 is 1.03 bits per heavy atom. The van der Waals surface area contributed by atoms with E-state index in [4.69, 9.17) is 0 Å². The molecule has 9 heteroatoms. The monoisotopic (exact) mass is 426 g/mol. The lowest BCUT2D eigenvalue weighted by molar-refractivity contribution is 0.686. The maximum atomic E-state index is 12.2. The van der Waals surface area contributed by atoms with Crippen LogP contribution < -0.4 is 5.56 Å². The highest BCUT2D eigenvalue weighted by Crippen LogP contribution is 2.30. The predicted molar refractivity (Wildman–Crippen MR) is 121 cm³/mol. The second kappa shape index (κ2) is 8.54. The van der Waals surface area contributed by atoms with Gasteiger partial charge in [-0.2, -0.15) is 0 Å². The maximum Gasteiger partial charge on any atom is 0.278 e. The number of aromatic amines is 2. The van der Waals surface area contributed by atoms with Crippen LogP contribution in [-0.4, -0.2) is 40.1 Å². The zero-order chi connectivity index (χ0) is 21.9. The average Bonchev–Trinajstić information content (AvgIpc) is 3.48. The van der Waals surface area contributed by atoms with Crippen LogP contribution in [0, 0.1) is 0 Å². The van der Waals surface area contributed by atoms with Gasteiger partial charge in [-0.1, -0.05) is 61.9 Å². The van der Waals surface area contributed by atoms with E-state index in [0.29, 0.717) is 23.5 Å². The molecule has 0 radical (unpaired) electrons. The van der Waals surface area contributed by atoms with Crippen LogP contribution in [-0.2, 0) is 13.0 Å². The number of aromatic nitrogens is 8. The third-order valence-electron chi connectivity index (χ3n) is 5.50. The number of rotatable bonds is 7. The smallest absolute Gasteiger partial charge is 0.278 e. The van der Waals surface area contributed by atoms with Gasteiger partial charge >= 0.3 is 0 Å². The minimum absolute atomic E-state index is 0.208. The summed E-state index contributed by atoms with van der Waals surface area (Å²) in [6.45, 7) is 2.74. The van der Waals surface area contributed by atoms with Crippen molar-refractivity contribution in [2.24, 2.45) is 0 Å². The van der Waals surface area contributed by atoms with Crippen molar-refractivity contribution in [2.75, 3.05) is 0 Å². The highest BCUT2D eigenvalue weighted by atomic mass is 16.1. The van der Waals surface area contributed by atoms with Crippen molar-refractivity contribution in [3.05, 3.63) is 76.6 Å². The molecule has 3 aromatic heterocycles. The summed E-state index contributed by atoms with van der Waals surface area (Å²) in [5.74, 6) is 1.52. The Hall–Kier alpha value is -4.14. The first-order chi connectivity index (χ1) is 15.7. The van der Waals surface area contributed by atoms with Crippen LogP contribution in [0.1, 0.15) is 31.2 Å². The first-order valence-electron chi connectivity index (χ1n) is 10.6. The molecule has 5 aromatic rings. The average molecular weight is 426 g/mol. The Labute approximate surface area is 183 Å². The van der Waals surface area contributed by atoms with Gasteiger partial charge < -0.3 is 9.55 Å². The van der Waals surface area contributed by atoms with Crippen molar-refractivity contribution in [2.45, 2.75) is 32.7 Å². The molecule has 0 aliphatic rings. The number of imidazole rings is 1. The Balaban J connectivity index is 1.49. The first-order valence-corrected chi connectivity index (χ1v) is 10.6. The molecule has 0 saturated carbocycles. The minimum atomic E-state index is -0.208. The standard InChI is InChI=1S/C23H22N8O/c1-2-3-8-19-26-20-22(24-14-25-23(20)32)31(19)13-15-9-11-16(12-10-15)17-6-4-5-7-18(17)21-27-29-30-28-21/h4-7,9-12,14H,2-3,8,13H2,1H3,(H,24,25,32)(H,27,28,29,30). The number of unbranched alkanes of at least 4 members (excludes halogenated alkanes) is 1. The Kier molecular flexibility index (Phi) is 5.29. The van der Waals surface area contributed by atoms with Crippen LogP contribution >= 0.6 is 0 Å². The van der Waals surface area contributed by atoms with E-state index in [1.54, 1.807) is 0 Å². The molecule has 0 atom stereocenters. The number of tetrazole rings is 1. The summed E-state index contributed by atoms with van der Waals surface area (Å²) in [6, 6.07) is 16.4. The Morgan fingerprint density at radius 2 is 1.84 bits per heavy atom. The lowest BCUT2D eigenvalue weighted by atomic mass is 9.98. The van der Waals surface area contributed by atoms with Gasteiger partial charge in [0.25, 0.3) is 5.56 Å². The highest BCUT2D eigenvalue weighted by molar-refractivity contribution is 5.80. The molecule has 3 heterocycles. The van der Waals surface area contributed by atoms with Crippen LogP contribution in [0.4, 0.5) is 0 Å². The van der Waals surface area contributed by atoms with Crippen LogP contribution in [0.25, 0.3) is 33.7 Å². The second-order valence-electron chi connectivity index (χ2n) is 7.61. The fourth-order valence-corrected chi connectivity index (χ4v) is 3.87. The first kappa shape index (κ1) is 19.8. The number of nitrogens with zero attached hydrogens (tertiary/aromatic N) is 6. The second-order valence-corrected chi connectivity index (χ2v) is 7.61. The number of aryl methyl sites for hydroxylation is 1. The molecule has 2 N–H and O–H groups in total. The van der Waals surface area contributed by atoms with Gasteiger partial charge in [-0.25, -0.2) is 15.1 Å². The van der Waals surface area contributed by atoms with Gasteiger partial charge in [0.1, 0.15) is 5.82 Å². The summed E-state index contributed by atoms with van der Waals surface area (Å²) in [5, 5.41) is 14.3. The van der Waals surface area contributed by atoms with Gasteiger partial charge in [-0.05, 0) is 33.5 Å². The molecule has 9 nitrogen and oxygen atoms in total. The van der Waals surface area contributed by atoms with E-state index >= 15 is 0 Å². The Morgan fingerprint density at radius 3 is 2.59 bits per heavy atom. The van der Waals surface area contributed by atoms with Gasteiger partial charge in [0.15, 0.2) is 17.0 Å². The van der Waals surface area contributed by atoms with E-state index in [9.17, 15) is 4.79 Å². The molecule has 0 aliphatic heterocycles. The lowest BCUT2D eigenvalue weighted by Gasteiger charge is -2.11. The van der Waals surface area contributed by atoms with Crippen molar-refractivity contribution in [3.63, 3.8) is 0 Å². The van der Waals surface area contributed by atoms with E-state index in [2.05, 4.69) is 72.8 Å². The molecule has 0 unspecified atom stereocenters.